The van der Waals surface area contributed by atoms with E-state index in [1.165, 1.54) is 128 Å². The molecule has 0 heterocycles. The molecular formula is C33H67NO5. The van der Waals surface area contributed by atoms with E-state index < -0.39 is 0 Å². The summed E-state index contributed by atoms with van der Waals surface area (Å²) in [5.41, 5.74) is 0. The summed E-state index contributed by atoms with van der Waals surface area (Å²) >= 11 is 0. The predicted molar refractivity (Wildman–Crippen MR) is 165 cm³/mol. The highest BCUT2D eigenvalue weighted by molar-refractivity contribution is 5.77. The zero-order valence-electron chi connectivity index (χ0n) is 26.5. The highest BCUT2D eigenvalue weighted by atomic mass is 16.5. The lowest BCUT2D eigenvalue weighted by Crippen LogP contribution is -2.36. The molecule has 1 amide bonds. The minimum absolute atomic E-state index is 0.141. The molecule has 6 nitrogen and oxygen atoms in total. The molecule has 0 fully saturated rings. The van der Waals surface area contributed by atoms with Gasteiger partial charge < -0.3 is 23.8 Å². The van der Waals surface area contributed by atoms with Crippen molar-refractivity contribution in [3.63, 3.8) is 0 Å². The van der Waals surface area contributed by atoms with Crippen LogP contribution in [0.1, 0.15) is 141 Å². The van der Waals surface area contributed by atoms with Crippen molar-refractivity contribution in [2.75, 3.05) is 67.5 Å². The van der Waals surface area contributed by atoms with E-state index in [1.54, 1.807) is 21.3 Å². The van der Waals surface area contributed by atoms with Gasteiger partial charge in [-0.25, -0.2) is 0 Å². The molecule has 0 N–H and O–H groups in total. The van der Waals surface area contributed by atoms with Crippen LogP contribution in [-0.2, 0) is 23.7 Å². The first-order chi connectivity index (χ1) is 19.3. The summed E-state index contributed by atoms with van der Waals surface area (Å²) in [5.74, 6) is 0.141. The number of carbonyl (C=O) groups is 1. The van der Waals surface area contributed by atoms with Crippen LogP contribution in [0.25, 0.3) is 0 Å². The number of amides is 1. The topological polar surface area (TPSA) is 57.2 Å². The summed E-state index contributed by atoms with van der Waals surface area (Å²) < 4.78 is 20.8. The fourth-order valence-electron chi connectivity index (χ4n) is 5.03. The van der Waals surface area contributed by atoms with Crippen LogP contribution in [0.15, 0.2) is 0 Å². The summed E-state index contributed by atoms with van der Waals surface area (Å²) in [5, 5.41) is 0. The SMILES string of the molecule is COCCCCCCCCCCCCCN(CCCCCCCCCCCCCOC)C(=O)COCCOC. The van der Waals surface area contributed by atoms with Gasteiger partial charge in [0.1, 0.15) is 6.61 Å². The molecule has 0 atom stereocenters. The third kappa shape index (κ3) is 30.1. The normalized spacial score (nSPS) is 11.4. The number of nitrogens with zero attached hydrogens (tertiary/aromatic N) is 1. The number of unbranched alkanes of at least 4 members (excludes halogenated alkanes) is 20. The van der Waals surface area contributed by atoms with Crippen LogP contribution in [0.3, 0.4) is 0 Å². The van der Waals surface area contributed by atoms with Gasteiger partial charge in [0, 0.05) is 47.6 Å². The molecule has 39 heavy (non-hydrogen) atoms. The second-order valence-electron chi connectivity index (χ2n) is 11.2. The minimum atomic E-state index is 0.141. The number of methoxy groups -OCH3 is 3. The molecule has 0 saturated carbocycles. The Bertz CT molecular complexity index is 447. The van der Waals surface area contributed by atoms with E-state index in [-0.39, 0.29) is 12.5 Å². The van der Waals surface area contributed by atoms with Crippen molar-refractivity contribution >= 4 is 5.91 Å². The molecule has 0 aromatic carbocycles. The fourth-order valence-corrected chi connectivity index (χ4v) is 5.03. The summed E-state index contributed by atoms with van der Waals surface area (Å²) in [6.07, 6.45) is 28.5. The van der Waals surface area contributed by atoms with Crippen LogP contribution in [-0.4, -0.2) is 78.3 Å². The van der Waals surface area contributed by atoms with Crippen molar-refractivity contribution in [2.45, 2.75) is 141 Å². The Morgan fingerprint density at radius 1 is 0.410 bits per heavy atom. The van der Waals surface area contributed by atoms with Gasteiger partial charge in [-0.05, 0) is 25.7 Å². The van der Waals surface area contributed by atoms with E-state index in [0.717, 1.165) is 39.1 Å². The lowest BCUT2D eigenvalue weighted by molar-refractivity contribution is -0.136. The van der Waals surface area contributed by atoms with E-state index in [2.05, 4.69) is 4.90 Å². The van der Waals surface area contributed by atoms with Crippen molar-refractivity contribution in [2.24, 2.45) is 0 Å². The summed E-state index contributed by atoms with van der Waals surface area (Å²) in [4.78, 5) is 14.8. The Kier molecular flexibility index (Phi) is 32.9. The van der Waals surface area contributed by atoms with Crippen molar-refractivity contribution in [3.8, 4) is 0 Å². The van der Waals surface area contributed by atoms with Gasteiger partial charge in [-0.2, -0.15) is 0 Å². The van der Waals surface area contributed by atoms with E-state index in [9.17, 15) is 4.79 Å². The molecule has 0 aliphatic heterocycles. The van der Waals surface area contributed by atoms with E-state index >= 15 is 0 Å². The molecule has 0 aliphatic carbocycles. The summed E-state index contributed by atoms with van der Waals surface area (Å²) in [7, 11) is 5.23. The van der Waals surface area contributed by atoms with Gasteiger partial charge in [-0.3, -0.25) is 4.79 Å². The Balaban J connectivity index is 3.86. The molecule has 0 spiro atoms. The molecule has 0 saturated heterocycles. The average molecular weight is 558 g/mol. The molecule has 0 aromatic heterocycles. The summed E-state index contributed by atoms with van der Waals surface area (Å²) in [6, 6.07) is 0. The quantitative estimate of drug-likeness (QED) is 0.0759. The first-order valence-electron chi connectivity index (χ1n) is 16.6. The highest BCUT2D eigenvalue weighted by Gasteiger charge is 2.13. The predicted octanol–water partition coefficient (Wildman–Crippen LogP) is 8.35. The van der Waals surface area contributed by atoms with Crippen molar-refractivity contribution in [1.29, 1.82) is 0 Å². The van der Waals surface area contributed by atoms with Crippen LogP contribution >= 0.6 is 0 Å². The molecule has 0 rings (SSSR count). The molecule has 0 bridgehead atoms. The van der Waals surface area contributed by atoms with Crippen LogP contribution < -0.4 is 0 Å². The number of rotatable bonds is 33. The third-order valence-corrected chi connectivity index (χ3v) is 7.56. The largest absolute Gasteiger partial charge is 0.385 e. The van der Waals surface area contributed by atoms with Gasteiger partial charge in [0.2, 0.25) is 5.91 Å². The smallest absolute Gasteiger partial charge is 0.248 e. The summed E-state index contributed by atoms with van der Waals surface area (Å²) in [6.45, 7) is 4.75. The van der Waals surface area contributed by atoms with Crippen LogP contribution in [0.2, 0.25) is 0 Å². The zero-order valence-corrected chi connectivity index (χ0v) is 26.5. The zero-order chi connectivity index (χ0) is 28.5. The molecule has 234 valence electrons. The molecule has 0 radical (unpaired) electrons. The maximum atomic E-state index is 12.8. The fraction of sp³-hybridized carbons (Fsp3) is 0.970. The molecular weight excluding hydrogens is 490 g/mol. The van der Waals surface area contributed by atoms with E-state index in [0.29, 0.717) is 13.2 Å². The Morgan fingerprint density at radius 3 is 1.05 bits per heavy atom. The van der Waals surface area contributed by atoms with Crippen molar-refractivity contribution < 1.29 is 23.7 Å². The van der Waals surface area contributed by atoms with Gasteiger partial charge in [0.15, 0.2) is 0 Å². The van der Waals surface area contributed by atoms with Crippen LogP contribution in [0, 0.1) is 0 Å². The maximum Gasteiger partial charge on any atom is 0.248 e. The lowest BCUT2D eigenvalue weighted by atomic mass is 10.1. The Labute approximate surface area is 243 Å². The standard InChI is InChI=1S/C33H67NO5/c1-36-28-24-20-16-12-8-4-6-10-14-18-22-26-34(33(35)32-39-31-30-38-3)27-23-19-15-11-7-5-9-13-17-21-25-29-37-2/h4-32H2,1-3H3. The number of ether oxygens (including phenoxy) is 4. The number of hydrogen-bond acceptors (Lipinski definition) is 5. The monoisotopic (exact) mass is 558 g/mol. The van der Waals surface area contributed by atoms with Gasteiger partial charge in [0.05, 0.1) is 13.2 Å². The third-order valence-electron chi connectivity index (χ3n) is 7.56. The maximum absolute atomic E-state index is 12.8. The number of carbonyl (C=O) groups excluding carboxylic acids is 1. The molecule has 0 aromatic rings. The molecule has 0 aliphatic rings. The molecule has 0 unspecified atom stereocenters. The van der Waals surface area contributed by atoms with Gasteiger partial charge in [-0.15, -0.1) is 0 Å². The Morgan fingerprint density at radius 2 is 0.718 bits per heavy atom. The van der Waals surface area contributed by atoms with E-state index in [4.69, 9.17) is 18.9 Å². The van der Waals surface area contributed by atoms with Gasteiger partial charge in [0.25, 0.3) is 0 Å². The second kappa shape index (κ2) is 33.5. The Hall–Kier alpha value is -0.690. The highest BCUT2D eigenvalue weighted by Crippen LogP contribution is 2.14. The van der Waals surface area contributed by atoms with Crippen LogP contribution in [0.5, 0.6) is 0 Å². The number of hydrogen-bond donors (Lipinski definition) is 0. The minimum Gasteiger partial charge on any atom is -0.385 e. The van der Waals surface area contributed by atoms with Crippen LogP contribution in [0.4, 0.5) is 0 Å². The van der Waals surface area contributed by atoms with Gasteiger partial charge >= 0.3 is 0 Å². The lowest BCUT2D eigenvalue weighted by Gasteiger charge is -2.23. The van der Waals surface area contributed by atoms with Gasteiger partial charge in [-0.1, -0.05) is 116 Å². The van der Waals surface area contributed by atoms with E-state index in [1.807, 2.05) is 0 Å². The van der Waals surface area contributed by atoms with Crippen molar-refractivity contribution in [3.05, 3.63) is 0 Å². The first-order valence-corrected chi connectivity index (χ1v) is 16.6. The van der Waals surface area contributed by atoms with Crippen molar-refractivity contribution in [1.82, 2.24) is 4.90 Å². The average Bonchev–Trinajstić information content (AvgIpc) is 2.94. The molecule has 6 heteroatoms. The first kappa shape index (κ1) is 38.3. The second-order valence-corrected chi connectivity index (χ2v) is 11.2.